The molecule has 7 heteroatoms. The van der Waals surface area contributed by atoms with Crippen LogP contribution in [0, 0.1) is 0 Å². The summed E-state index contributed by atoms with van der Waals surface area (Å²) in [5, 5.41) is 12.5. The molecule has 1 aromatic heterocycles. The molecule has 1 saturated carbocycles. The first-order chi connectivity index (χ1) is 10.7. The van der Waals surface area contributed by atoms with Gasteiger partial charge in [0.1, 0.15) is 6.33 Å². The summed E-state index contributed by atoms with van der Waals surface area (Å²) in [4.78, 5) is 11.9. The van der Waals surface area contributed by atoms with Crippen molar-refractivity contribution >= 4 is 29.3 Å². The van der Waals surface area contributed by atoms with Crippen LogP contribution in [0.5, 0.6) is 0 Å². The van der Waals surface area contributed by atoms with E-state index in [-0.39, 0.29) is 5.91 Å². The molecule has 1 heterocycles. The first kappa shape index (κ1) is 15.4. The predicted octanol–water partition coefficient (Wildman–Crippen LogP) is 3.07. The second-order valence-corrected chi connectivity index (χ2v) is 6.69. The first-order valence-electron chi connectivity index (χ1n) is 7.26. The van der Waals surface area contributed by atoms with Crippen molar-refractivity contribution in [1.82, 2.24) is 20.1 Å². The highest BCUT2D eigenvalue weighted by molar-refractivity contribution is 7.99. The Morgan fingerprint density at radius 1 is 1.41 bits per heavy atom. The minimum absolute atomic E-state index is 0.0184. The van der Waals surface area contributed by atoms with Gasteiger partial charge in [-0.1, -0.05) is 41.6 Å². The molecule has 5 nitrogen and oxygen atoms in total. The van der Waals surface area contributed by atoms with Gasteiger partial charge in [0.25, 0.3) is 0 Å². The molecule has 1 aliphatic carbocycles. The lowest BCUT2D eigenvalue weighted by Crippen LogP contribution is -2.23. The zero-order valence-electron chi connectivity index (χ0n) is 12.0. The third kappa shape index (κ3) is 4.01. The number of benzene rings is 1. The Balaban J connectivity index is 1.41. The van der Waals surface area contributed by atoms with E-state index >= 15 is 0 Å². The van der Waals surface area contributed by atoms with Gasteiger partial charge in [0.15, 0.2) is 5.16 Å². The zero-order chi connectivity index (χ0) is 15.4. The summed E-state index contributed by atoms with van der Waals surface area (Å²) in [6.07, 6.45) is 4.62. The summed E-state index contributed by atoms with van der Waals surface area (Å²) in [6, 6.07) is 8.08. The highest BCUT2D eigenvalue weighted by Gasteiger charge is 2.26. The van der Waals surface area contributed by atoms with Crippen LogP contribution in [0.3, 0.4) is 0 Å². The van der Waals surface area contributed by atoms with Crippen molar-refractivity contribution in [2.45, 2.75) is 37.0 Å². The van der Waals surface area contributed by atoms with Gasteiger partial charge in [-0.2, -0.15) is 0 Å². The van der Waals surface area contributed by atoms with Crippen LogP contribution in [-0.4, -0.2) is 26.4 Å². The molecule has 0 unspecified atom stereocenters. The maximum Gasteiger partial charge on any atom is 0.221 e. The van der Waals surface area contributed by atoms with Gasteiger partial charge < -0.3 is 9.88 Å². The quantitative estimate of drug-likeness (QED) is 0.789. The Morgan fingerprint density at radius 2 is 2.23 bits per heavy atom. The van der Waals surface area contributed by atoms with Crippen LogP contribution in [0.2, 0.25) is 5.02 Å². The lowest BCUT2D eigenvalue weighted by Gasteiger charge is -2.07. The molecule has 1 fully saturated rings. The van der Waals surface area contributed by atoms with Gasteiger partial charge in [0.2, 0.25) is 5.91 Å². The number of hydrogen-bond acceptors (Lipinski definition) is 4. The van der Waals surface area contributed by atoms with Crippen LogP contribution in [0.25, 0.3) is 0 Å². The second kappa shape index (κ2) is 7.15. The number of hydrogen-bond donors (Lipinski definition) is 1. The van der Waals surface area contributed by atoms with E-state index in [0.29, 0.717) is 29.8 Å². The topological polar surface area (TPSA) is 59.8 Å². The van der Waals surface area contributed by atoms with E-state index < -0.39 is 0 Å². The van der Waals surface area contributed by atoms with Crippen molar-refractivity contribution in [1.29, 1.82) is 0 Å². The molecular formula is C15H17ClN4OS. The average Bonchev–Trinajstić information content (AvgIpc) is 3.26. The van der Waals surface area contributed by atoms with Gasteiger partial charge in [-0.15, -0.1) is 10.2 Å². The molecule has 0 atom stereocenters. The predicted molar refractivity (Wildman–Crippen MR) is 86.9 cm³/mol. The number of thioether (sulfide) groups is 1. The maximum atomic E-state index is 11.9. The lowest BCUT2D eigenvalue weighted by atomic mass is 10.2. The fourth-order valence-corrected chi connectivity index (χ4v) is 3.22. The molecule has 22 heavy (non-hydrogen) atoms. The molecule has 0 aliphatic heterocycles. The van der Waals surface area contributed by atoms with Crippen LogP contribution in [-0.2, 0) is 11.3 Å². The van der Waals surface area contributed by atoms with Gasteiger partial charge in [-0.3, -0.25) is 4.79 Å². The van der Waals surface area contributed by atoms with Crippen molar-refractivity contribution in [2.24, 2.45) is 0 Å². The summed E-state index contributed by atoms with van der Waals surface area (Å²) in [5.41, 5.74) is 0.929. The summed E-state index contributed by atoms with van der Waals surface area (Å²) < 4.78 is 2.10. The van der Waals surface area contributed by atoms with Crippen molar-refractivity contribution in [3.8, 4) is 0 Å². The monoisotopic (exact) mass is 336 g/mol. The molecule has 1 aliphatic rings. The van der Waals surface area contributed by atoms with E-state index in [1.54, 1.807) is 18.1 Å². The van der Waals surface area contributed by atoms with Crippen molar-refractivity contribution in [3.05, 3.63) is 41.2 Å². The van der Waals surface area contributed by atoms with E-state index in [2.05, 4.69) is 20.1 Å². The van der Waals surface area contributed by atoms with Crippen LogP contribution in [0.1, 0.15) is 30.9 Å². The molecule has 0 spiro atoms. The molecule has 0 radical (unpaired) electrons. The molecule has 1 N–H and O–H groups in total. The molecule has 1 amide bonds. The van der Waals surface area contributed by atoms with E-state index in [4.69, 9.17) is 11.6 Å². The zero-order valence-corrected chi connectivity index (χ0v) is 13.6. The van der Waals surface area contributed by atoms with Gasteiger partial charge in [0, 0.05) is 29.8 Å². The number of carbonyl (C=O) groups is 1. The standard InChI is InChI=1S/C15H17ClN4OS/c16-13-4-2-1-3-11(13)9-17-14(21)7-8-22-15-19-18-10-20(15)12-5-6-12/h1-4,10,12H,5-9H2,(H,17,21). The Labute approximate surface area is 138 Å². The van der Waals surface area contributed by atoms with Crippen LogP contribution in [0.4, 0.5) is 0 Å². The summed E-state index contributed by atoms with van der Waals surface area (Å²) in [6.45, 7) is 0.460. The number of aromatic nitrogens is 3. The van der Waals surface area contributed by atoms with Crippen molar-refractivity contribution < 1.29 is 4.79 Å². The molecule has 0 saturated heterocycles. The normalized spacial score (nSPS) is 14.0. The van der Waals surface area contributed by atoms with Crippen molar-refractivity contribution in [3.63, 3.8) is 0 Å². The minimum Gasteiger partial charge on any atom is -0.352 e. The summed E-state index contributed by atoms with van der Waals surface area (Å²) >= 11 is 7.64. The molecule has 116 valence electrons. The second-order valence-electron chi connectivity index (χ2n) is 5.22. The number of nitrogens with zero attached hydrogens (tertiary/aromatic N) is 3. The van der Waals surface area contributed by atoms with Gasteiger partial charge >= 0.3 is 0 Å². The molecule has 3 rings (SSSR count). The number of halogens is 1. The fraction of sp³-hybridized carbons (Fsp3) is 0.400. The van der Waals surface area contributed by atoms with Gasteiger partial charge in [-0.25, -0.2) is 0 Å². The maximum absolute atomic E-state index is 11.9. The van der Waals surface area contributed by atoms with Crippen LogP contribution >= 0.6 is 23.4 Å². The fourth-order valence-electron chi connectivity index (χ4n) is 2.10. The van der Waals surface area contributed by atoms with Crippen LogP contribution in [0.15, 0.2) is 35.7 Å². The average molecular weight is 337 g/mol. The number of nitrogens with one attached hydrogen (secondary N) is 1. The first-order valence-corrected chi connectivity index (χ1v) is 8.63. The number of carbonyl (C=O) groups excluding carboxylic acids is 1. The smallest absolute Gasteiger partial charge is 0.221 e. The Kier molecular flexibility index (Phi) is 5.00. The third-order valence-corrected chi connectivity index (χ3v) is 4.80. The molecule has 0 bridgehead atoms. The van der Waals surface area contributed by atoms with E-state index in [1.165, 1.54) is 12.8 Å². The van der Waals surface area contributed by atoms with E-state index in [0.717, 1.165) is 10.7 Å². The molecule has 2 aromatic rings. The number of rotatable bonds is 7. The van der Waals surface area contributed by atoms with E-state index in [1.807, 2.05) is 24.3 Å². The van der Waals surface area contributed by atoms with E-state index in [9.17, 15) is 4.79 Å². The molecular weight excluding hydrogens is 320 g/mol. The lowest BCUT2D eigenvalue weighted by molar-refractivity contribution is -0.120. The minimum atomic E-state index is 0.0184. The largest absolute Gasteiger partial charge is 0.352 e. The Morgan fingerprint density at radius 3 is 3.00 bits per heavy atom. The highest BCUT2D eigenvalue weighted by atomic mass is 35.5. The van der Waals surface area contributed by atoms with Gasteiger partial charge in [-0.05, 0) is 24.5 Å². The van der Waals surface area contributed by atoms with Crippen molar-refractivity contribution in [2.75, 3.05) is 5.75 Å². The number of amides is 1. The Hall–Kier alpha value is -1.53. The third-order valence-electron chi connectivity index (χ3n) is 3.47. The summed E-state index contributed by atoms with van der Waals surface area (Å²) in [7, 11) is 0. The summed E-state index contributed by atoms with van der Waals surface area (Å²) in [5.74, 6) is 0.713. The SMILES string of the molecule is O=C(CCSc1nncn1C1CC1)NCc1ccccc1Cl. The van der Waals surface area contributed by atoms with Gasteiger partial charge in [0.05, 0.1) is 0 Å². The Bertz CT molecular complexity index is 656. The highest BCUT2D eigenvalue weighted by Crippen LogP contribution is 2.37. The molecule has 1 aromatic carbocycles. The van der Waals surface area contributed by atoms with Crippen LogP contribution < -0.4 is 5.32 Å².